The van der Waals surface area contributed by atoms with Crippen LogP contribution in [0.4, 0.5) is 5.82 Å². The van der Waals surface area contributed by atoms with Gasteiger partial charge in [0, 0.05) is 19.3 Å². The smallest absolute Gasteiger partial charge is 0.245 e. The molecular formula is C13H17N5O. The predicted molar refractivity (Wildman–Crippen MR) is 72.7 cm³/mol. The van der Waals surface area contributed by atoms with E-state index in [0.717, 1.165) is 35.3 Å². The van der Waals surface area contributed by atoms with Gasteiger partial charge in [-0.1, -0.05) is 0 Å². The molecule has 2 aromatic rings. The molecule has 100 valence electrons. The number of likely N-dealkylation sites (N-methyl/N-ethyl adjacent to an activating group) is 1. The first-order valence-electron chi connectivity index (χ1n) is 6.35. The number of hydrogen-bond acceptors (Lipinski definition) is 4. The molecule has 3 rings (SSSR count). The minimum absolute atomic E-state index is 0.136. The van der Waals surface area contributed by atoms with Crippen LogP contribution in [0.3, 0.4) is 0 Å². The van der Waals surface area contributed by atoms with Crippen molar-refractivity contribution in [2.75, 3.05) is 19.3 Å². The molecule has 0 radical (unpaired) electrons. The van der Waals surface area contributed by atoms with E-state index in [2.05, 4.69) is 9.97 Å². The maximum absolute atomic E-state index is 12.2. The molecule has 1 atom stereocenters. The number of likely N-dealkylation sites (tertiary alicyclic amines) is 1. The van der Waals surface area contributed by atoms with Gasteiger partial charge in [0.25, 0.3) is 0 Å². The molecule has 2 N–H and O–H groups in total. The fourth-order valence-corrected chi connectivity index (χ4v) is 2.88. The Bertz CT molecular complexity index is 675. The highest BCUT2D eigenvalue weighted by Gasteiger charge is 2.33. The van der Waals surface area contributed by atoms with Gasteiger partial charge in [-0.15, -0.1) is 0 Å². The van der Waals surface area contributed by atoms with Gasteiger partial charge < -0.3 is 15.2 Å². The minimum Gasteiger partial charge on any atom is -0.383 e. The van der Waals surface area contributed by atoms with Crippen molar-refractivity contribution in [3.63, 3.8) is 0 Å². The molecule has 0 aliphatic carbocycles. The number of rotatable bonds is 1. The van der Waals surface area contributed by atoms with Crippen LogP contribution in [0.15, 0.2) is 6.33 Å². The molecule has 0 aromatic carbocycles. The number of carbonyl (C=O) groups excluding carboxylic acids is 1. The summed E-state index contributed by atoms with van der Waals surface area (Å²) in [6, 6.07) is -0.171. The summed E-state index contributed by atoms with van der Waals surface area (Å²) in [4.78, 5) is 22.4. The largest absolute Gasteiger partial charge is 0.383 e. The average Bonchev–Trinajstić information content (AvgIpc) is 2.82. The van der Waals surface area contributed by atoms with Gasteiger partial charge in [0.1, 0.15) is 23.8 Å². The molecule has 1 aliphatic rings. The summed E-state index contributed by atoms with van der Waals surface area (Å²) < 4.78 is 2.01. The van der Waals surface area contributed by atoms with E-state index in [-0.39, 0.29) is 11.9 Å². The van der Waals surface area contributed by atoms with Gasteiger partial charge in [0.05, 0.1) is 5.39 Å². The van der Waals surface area contributed by atoms with Crippen molar-refractivity contribution in [2.45, 2.75) is 26.3 Å². The van der Waals surface area contributed by atoms with E-state index < -0.39 is 0 Å². The van der Waals surface area contributed by atoms with Gasteiger partial charge in [-0.05, 0) is 25.8 Å². The Kier molecular flexibility index (Phi) is 2.48. The van der Waals surface area contributed by atoms with Gasteiger partial charge in [0.15, 0.2) is 0 Å². The number of aromatic nitrogens is 3. The van der Waals surface area contributed by atoms with E-state index in [1.807, 2.05) is 25.5 Å². The van der Waals surface area contributed by atoms with Crippen LogP contribution in [0.5, 0.6) is 0 Å². The quantitative estimate of drug-likeness (QED) is 0.830. The van der Waals surface area contributed by atoms with E-state index in [0.29, 0.717) is 5.82 Å². The fourth-order valence-electron chi connectivity index (χ4n) is 2.88. The zero-order valence-electron chi connectivity index (χ0n) is 11.3. The standard InChI is InChI=1S/C13H17N5O/c1-7-8(2)18(9-4-5-17(3)13(9)19)12-10(7)11(14)15-6-16-12/h6,9H,4-5H2,1-3H3,(H2,14,15,16). The zero-order chi connectivity index (χ0) is 13.7. The van der Waals surface area contributed by atoms with Crippen molar-refractivity contribution in [1.29, 1.82) is 0 Å². The van der Waals surface area contributed by atoms with E-state index in [4.69, 9.17) is 5.73 Å². The molecule has 1 saturated heterocycles. The molecule has 0 bridgehead atoms. The van der Waals surface area contributed by atoms with Crippen LogP contribution in [0, 0.1) is 13.8 Å². The number of nitrogens with two attached hydrogens (primary N) is 1. The van der Waals surface area contributed by atoms with E-state index in [1.165, 1.54) is 6.33 Å². The maximum Gasteiger partial charge on any atom is 0.245 e. The van der Waals surface area contributed by atoms with Crippen LogP contribution in [-0.2, 0) is 4.79 Å². The number of aryl methyl sites for hydroxylation is 1. The van der Waals surface area contributed by atoms with Gasteiger partial charge in [-0.25, -0.2) is 9.97 Å². The Labute approximate surface area is 111 Å². The number of hydrogen-bond donors (Lipinski definition) is 1. The van der Waals surface area contributed by atoms with Crippen molar-refractivity contribution in [3.05, 3.63) is 17.6 Å². The fraction of sp³-hybridized carbons (Fsp3) is 0.462. The van der Waals surface area contributed by atoms with Crippen LogP contribution in [0.2, 0.25) is 0 Å². The molecule has 1 aliphatic heterocycles. The van der Waals surface area contributed by atoms with E-state index in [9.17, 15) is 4.79 Å². The number of anilines is 1. The lowest BCUT2D eigenvalue weighted by molar-refractivity contribution is -0.129. The van der Waals surface area contributed by atoms with Crippen LogP contribution in [0.1, 0.15) is 23.7 Å². The zero-order valence-corrected chi connectivity index (χ0v) is 11.3. The summed E-state index contributed by atoms with van der Waals surface area (Å²) >= 11 is 0. The lowest BCUT2D eigenvalue weighted by Gasteiger charge is -2.15. The molecule has 1 amide bonds. The van der Waals surface area contributed by atoms with Crippen LogP contribution < -0.4 is 5.73 Å². The molecule has 6 heteroatoms. The Morgan fingerprint density at radius 2 is 2.11 bits per heavy atom. The third-order valence-corrected chi connectivity index (χ3v) is 4.07. The number of nitrogens with zero attached hydrogens (tertiary/aromatic N) is 4. The van der Waals surface area contributed by atoms with Gasteiger partial charge in [-0.2, -0.15) is 0 Å². The summed E-state index contributed by atoms with van der Waals surface area (Å²) in [5.41, 5.74) is 8.79. The molecule has 1 unspecified atom stereocenters. The Balaban J connectivity index is 2.28. The molecule has 3 heterocycles. The van der Waals surface area contributed by atoms with Crippen molar-refractivity contribution in [1.82, 2.24) is 19.4 Å². The topological polar surface area (TPSA) is 77.0 Å². The first-order chi connectivity index (χ1) is 9.02. The minimum atomic E-state index is -0.171. The van der Waals surface area contributed by atoms with Crippen LogP contribution >= 0.6 is 0 Å². The first kappa shape index (κ1) is 12.0. The summed E-state index contributed by atoms with van der Waals surface area (Å²) in [5, 5.41) is 0.863. The SMILES string of the molecule is Cc1c(C)n(C2CCN(C)C2=O)c2ncnc(N)c12. The normalized spacial score (nSPS) is 19.6. The Morgan fingerprint density at radius 3 is 2.74 bits per heavy atom. The number of nitrogen functional groups attached to an aromatic ring is 1. The first-order valence-corrected chi connectivity index (χ1v) is 6.35. The average molecular weight is 259 g/mol. The lowest BCUT2D eigenvalue weighted by atomic mass is 10.2. The second-order valence-corrected chi connectivity index (χ2v) is 5.10. The molecule has 0 saturated carbocycles. The molecule has 1 fully saturated rings. The second-order valence-electron chi connectivity index (χ2n) is 5.10. The molecular weight excluding hydrogens is 242 g/mol. The Morgan fingerprint density at radius 1 is 1.37 bits per heavy atom. The van der Waals surface area contributed by atoms with Crippen molar-refractivity contribution < 1.29 is 4.79 Å². The third-order valence-electron chi connectivity index (χ3n) is 4.07. The van der Waals surface area contributed by atoms with Crippen molar-refractivity contribution in [2.24, 2.45) is 0 Å². The number of amides is 1. The summed E-state index contributed by atoms with van der Waals surface area (Å²) in [5.74, 6) is 0.611. The molecule has 2 aromatic heterocycles. The van der Waals surface area contributed by atoms with E-state index in [1.54, 1.807) is 4.90 Å². The molecule has 19 heavy (non-hydrogen) atoms. The van der Waals surface area contributed by atoms with Crippen molar-refractivity contribution in [3.8, 4) is 0 Å². The summed E-state index contributed by atoms with van der Waals surface area (Å²) in [6.45, 7) is 4.78. The highest BCUT2D eigenvalue weighted by molar-refractivity contribution is 5.93. The van der Waals surface area contributed by atoms with Crippen molar-refractivity contribution >= 4 is 22.8 Å². The van der Waals surface area contributed by atoms with Crippen LogP contribution in [-0.4, -0.2) is 38.9 Å². The second kappa shape index (κ2) is 3.94. The highest BCUT2D eigenvalue weighted by atomic mass is 16.2. The number of carbonyl (C=O) groups is 1. The highest BCUT2D eigenvalue weighted by Crippen LogP contribution is 2.33. The molecule has 0 spiro atoms. The van der Waals surface area contributed by atoms with Gasteiger partial charge in [-0.3, -0.25) is 4.79 Å². The van der Waals surface area contributed by atoms with Gasteiger partial charge in [0.2, 0.25) is 5.91 Å². The summed E-state index contributed by atoms with van der Waals surface area (Å²) in [7, 11) is 1.83. The van der Waals surface area contributed by atoms with E-state index >= 15 is 0 Å². The maximum atomic E-state index is 12.2. The third kappa shape index (κ3) is 1.52. The monoisotopic (exact) mass is 259 g/mol. The molecule has 6 nitrogen and oxygen atoms in total. The van der Waals surface area contributed by atoms with Crippen LogP contribution in [0.25, 0.3) is 11.0 Å². The Hall–Kier alpha value is -2.11. The summed E-state index contributed by atoms with van der Waals surface area (Å²) in [6.07, 6.45) is 2.26. The predicted octanol–water partition coefficient (Wildman–Crippen LogP) is 1.03. The van der Waals surface area contributed by atoms with Gasteiger partial charge >= 0.3 is 0 Å². The number of fused-ring (bicyclic) bond motifs is 1. The lowest BCUT2D eigenvalue weighted by Crippen LogP contribution is -2.25.